The Bertz CT molecular complexity index is 718. The van der Waals surface area contributed by atoms with Crippen LogP contribution in [0.2, 0.25) is 0 Å². The number of nitrogens with one attached hydrogen (secondary N) is 1. The van der Waals surface area contributed by atoms with Crippen LogP contribution >= 0.6 is 31.9 Å². The zero-order chi connectivity index (χ0) is 20.7. The Morgan fingerprint density at radius 2 is 2.07 bits per heavy atom. The fourth-order valence-electron chi connectivity index (χ4n) is 2.85. The van der Waals surface area contributed by atoms with Crippen molar-refractivity contribution in [3.8, 4) is 5.75 Å². The largest absolute Gasteiger partial charge is 0.482 e. The van der Waals surface area contributed by atoms with Gasteiger partial charge in [-0.1, -0.05) is 29.3 Å². The van der Waals surface area contributed by atoms with Crippen molar-refractivity contribution in [2.24, 2.45) is 0 Å². The molecule has 1 aliphatic heterocycles. The number of rotatable bonds is 8. The van der Waals surface area contributed by atoms with Gasteiger partial charge in [0.15, 0.2) is 6.61 Å². The second kappa shape index (κ2) is 10.8. The van der Waals surface area contributed by atoms with Gasteiger partial charge in [-0.2, -0.15) is 0 Å². The van der Waals surface area contributed by atoms with Crippen LogP contribution < -0.4 is 10.1 Å². The number of nitrogens with zero attached hydrogens (tertiary/aromatic N) is 1. The van der Waals surface area contributed by atoms with Gasteiger partial charge < -0.3 is 19.7 Å². The Hall–Kier alpha value is -1.61. The first-order chi connectivity index (χ1) is 13.3. The molecule has 1 aliphatic rings. The topological polar surface area (TPSA) is 84.9 Å². The van der Waals surface area contributed by atoms with E-state index in [1.54, 1.807) is 0 Å². The quantitative estimate of drug-likeness (QED) is 0.421. The molecule has 1 fully saturated rings. The van der Waals surface area contributed by atoms with Crippen LogP contribution in [0.15, 0.2) is 21.1 Å². The van der Waals surface area contributed by atoms with E-state index >= 15 is 0 Å². The molecule has 2 rings (SSSR count). The molecule has 0 aromatic heterocycles. The van der Waals surface area contributed by atoms with Gasteiger partial charge in [-0.05, 0) is 47.0 Å². The molecule has 1 aromatic rings. The van der Waals surface area contributed by atoms with Crippen LogP contribution in [0.5, 0.6) is 5.75 Å². The van der Waals surface area contributed by atoms with Gasteiger partial charge in [0.1, 0.15) is 11.8 Å². The standard InChI is InChI=1S/C19H24Br2N2O5/c1-3-4-7-27-17(25)10-15-19(26)22-5-6-23(15)16(24)11-28-18-12(2)8-13(20)9-14(18)21/h8-9,15H,3-7,10-11H2,1-2H3,(H,22,26). The Balaban J connectivity index is 2.01. The number of piperazine rings is 1. The average Bonchev–Trinajstić information content (AvgIpc) is 2.62. The van der Waals surface area contributed by atoms with Crippen molar-refractivity contribution in [1.29, 1.82) is 0 Å². The van der Waals surface area contributed by atoms with Crippen molar-refractivity contribution in [2.45, 2.75) is 39.2 Å². The Kier molecular flexibility index (Phi) is 8.75. The van der Waals surface area contributed by atoms with Crippen LogP contribution in [0.3, 0.4) is 0 Å². The monoisotopic (exact) mass is 518 g/mol. The van der Waals surface area contributed by atoms with Crippen LogP contribution in [-0.2, 0) is 19.1 Å². The summed E-state index contributed by atoms with van der Waals surface area (Å²) in [6.45, 7) is 4.62. The van der Waals surface area contributed by atoms with Gasteiger partial charge in [0.25, 0.3) is 5.91 Å². The number of ether oxygens (including phenoxy) is 2. The summed E-state index contributed by atoms with van der Waals surface area (Å²) in [7, 11) is 0. The Morgan fingerprint density at radius 3 is 2.75 bits per heavy atom. The minimum absolute atomic E-state index is 0.164. The van der Waals surface area contributed by atoms with E-state index in [4.69, 9.17) is 9.47 Å². The number of unbranched alkanes of at least 4 members (excludes halogenated alkanes) is 1. The first-order valence-corrected chi connectivity index (χ1v) is 10.7. The fraction of sp³-hybridized carbons (Fsp3) is 0.526. The number of aryl methyl sites for hydroxylation is 1. The summed E-state index contributed by atoms with van der Waals surface area (Å²) < 4.78 is 12.4. The van der Waals surface area contributed by atoms with E-state index < -0.39 is 12.0 Å². The molecule has 154 valence electrons. The van der Waals surface area contributed by atoms with Crippen LogP contribution in [0.1, 0.15) is 31.7 Å². The van der Waals surface area contributed by atoms with E-state index in [0.29, 0.717) is 25.4 Å². The second-order valence-electron chi connectivity index (χ2n) is 6.49. The molecule has 1 unspecified atom stereocenters. The molecule has 0 spiro atoms. The summed E-state index contributed by atoms with van der Waals surface area (Å²) in [6.07, 6.45) is 1.51. The molecular weight excluding hydrogens is 496 g/mol. The summed E-state index contributed by atoms with van der Waals surface area (Å²) in [4.78, 5) is 38.3. The third-order valence-corrected chi connectivity index (χ3v) is 5.35. The lowest BCUT2D eigenvalue weighted by molar-refractivity contribution is -0.152. The smallest absolute Gasteiger partial charge is 0.308 e. The molecule has 0 bridgehead atoms. The van der Waals surface area contributed by atoms with E-state index in [9.17, 15) is 14.4 Å². The molecule has 28 heavy (non-hydrogen) atoms. The van der Waals surface area contributed by atoms with E-state index in [1.165, 1.54) is 4.90 Å². The summed E-state index contributed by atoms with van der Waals surface area (Å²) in [5.74, 6) is -0.627. The lowest BCUT2D eigenvalue weighted by atomic mass is 10.1. The number of amides is 2. The maximum Gasteiger partial charge on any atom is 0.308 e. The zero-order valence-corrected chi connectivity index (χ0v) is 19.1. The lowest BCUT2D eigenvalue weighted by Crippen LogP contribution is -2.58. The molecule has 0 radical (unpaired) electrons. The minimum Gasteiger partial charge on any atom is -0.482 e. The van der Waals surface area contributed by atoms with Gasteiger partial charge in [0.2, 0.25) is 5.91 Å². The lowest BCUT2D eigenvalue weighted by Gasteiger charge is -2.34. The van der Waals surface area contributed by atoms with E-state index in [2.05, 4.69) is 37.2 Å². The summed E-state index contributed by atoms with van der Waals surface area (Å²) in [6, 6.07) is 2.83. The molecule has 1 heterocycles. The third kappa shape index (κ3) is 6.20. The van der Waals surface area contributed by atoms with E-state index in [0.717, 1.165) is 27.4 Å². The SMILES string of the molecule is CCCCOC(=O)CC1C(=O)NCCN1C(=O)COc1c(C)cc(Br)cc1Br. The van der Waals surface area contributed by atoms with Crippen LogP contribution in [0, 0.1) is 6.92 Å². The van der Waals surface area contributed by atoms with Crippen molar-refractivity contribution in [1.82, 2.24) is 10.2 Å². The summed E-state index contributed by atoms with van der Waals surface area (Å²) in [5.41, 5.74) is 0.862. The van der Waals surface area contributed by atoms with Crippen molar-refractivity contribution in [2.75, 3.05) is 26.3 Å². The van der Waals surface area contributed by atoms with Gasteiger partial charge >= 0.3 is 5.97 Å². The number of carbonyl (C=O) groups excluding carboxylic acids is 3. The van der Waals surface area contributed by atoms with Gasteiger partial charge in [0.05, 0.1) is 17.5 Å². The molecule has 1 N–H and O–H groups in total. The highest BCUT2D eigenvalue weighted by atomic mass is 79.9. The fourth-order valence-corrected chi connectivity index (χ4v) is 4.41. The van der Waals surface area contributed by atoms with Crippen LogP contribution in [0.4, 0.5) is 0 Å². The number of benzene rings is 1. The van der Waals surface area contributed by atoms with Crippen molar-refractivity contribution < 1.29 is 23.9 Å². The first kappa shape index (κ1) is 22.7. The van der Waals surface area contributed by atoms with E-state index in [-0.39, 0.29) is 24.8 Å². The van der Waals surface area contributed by atoms with E-state index in [1.807, 2.05) is 26.0 Å². The van der Waals surface area contributed by atoms with Crippen molar-refractivity contribution in [3.63, 3.8) is 0 Å². The van der Waals surface area contributed by atoms with Crippen molar-refractivity contribution >= 4 is 49.6 Å². The highest BCUT2D eigenvalue weighted by Crippen LogP contribution is 2.32. The Morgan fingerprint density at radius 1 is 1.32 bits per heavy atom. The van der Waals surface area contributed by atoms with Crippen LogP contribution in [0.25, 0.3) is 0 Å². The van der Waals surface area contributed by atoms with Gasteiger partial charge in [-0.15, -0.1) is 0 Å². The minimum atomic E-state index is -0.881. The molecular formula is C19H24Br2N2O5. The molecule has 7 nitrogen and oxygen atoms in total. The molecule has 2 amide bonds. The number of esters is 1. The summed E-state index contributed by atoms with van der Waals surface area (Å²) in [5, 5.41) is 2.69. The van der Waals surface area contributed by atoms with Crippen molar-refractivity contribution in [3.05, 3.63) is 26.6 Å². The normalized spacial score (nSPS) is 16.5. The number of hydrogen-bond donors (Lipinski definition) is 1. The van der Waals surface area contributed by atoms with Crippen LogP contribution in [-0.4, -0.2) is 55.0 Å². The molecule has 1 aromatic carbocycles. The molecule has 0 aliphatic carbocycles. The van der Waals surface area contributed by atoms with Gasteiger partial charge in [-0.3, -0.25) is 14.4 Å². The van der Waals surface area contributed by atoms with Gasteiger partial charge in [-0.25, -0.2) is 0 Å². The molecule has 1 saturated heterocycles. The Labute approximate surface area is 181 Å². The number of hydrogen-bond acceptors (Lipinski definition) is 5. The predicted molar refractivity (Wildman–Crippen MR) is 111 cm³/mol. The highest BCUT2D eigenvalue weighted by molar-refractivity contribution is 9.11. The van der Waals surface area contributed by atoms with Gasteiger partial charge in [0, 0.05) is 17.6 Å². The number of carbonyl (C=O) groups is 3. The average molecular weight is 520 g/mol. The maximum absolute atomic E-state index is 12.7. The molecule has 9 heteroatoms. The zero-order valence-electron chi connectivity index (χ0n) is 15.9. The second-order valence-corrected chi connectivity index (χ2v) is 8.26. The first-order valence-electron chi connectivity index (χ1n) is 9.14. The molecule has 1 atom stereocenters. The highest BCUT2D eigenvalue weighted by Gasteiger charge is 2.35. The predicted octanol–water partition coefficient (Wildman–Crippen LogP) is 2.96. The molecule has 0 saturated carbocycles. The summed E-state index contributed by atoms with van der Waals surface area (Å²) >= 11 is 6.82. The number of halogens is 2. The maximum atomic E-state index is 12.7. The third-order valence-electron chi connectivity index (χ3n) is 4.31.